The molecule has 0 saturated carbocycles. The molecular formula is C32H28N2O7. The van der Waals surface area contributed by atoms with Crippen LogP contribution >= 0.6 is 0 Å². The third-order valence-corrected chi connectivity index (χ3v) is 6.00. The maximum Gasteiger partial charge on any atom is 0.342 e. The Morgan fingerprint density at radius 1 is 0.805 bits per heavy atom. The summed E-state index contributed by atoms with van der Waals surface area (Å²) in [5.74, 6) is -0.593. The van der Waals surface area contributed by atoms with Crippen LogP contribution in [0.1, 0.15) is 32.6 Å². The molecule has 4 rings (SSSR count). The molecule has 0 aliphatic heterocycles. The maximum absolute atomic E-state index is 12.9. The summed E-state index contributed by atoms with van der Waals surface area (Å²) in [6.07, 6.45) is 3.19. The number of benzene rings is 4. The van der Waals surface area contributed by atoms with E-state index in [1.807, 2.05) is 66.7 Å². The van der Waals surface area contributed by atoms with Gasteiger partial charge in [-0.3, -0.25) is 14.9 Å². The van der Waals surface area contributed by atoms with Gasteiger partial charge in [-0.15, -0.1) is 0 Å². The predicted octanol–water partition coefficient (Wildman–Crippen LogP) is 5.65. The van der Waals surface area contributed by atoms with Crippen LogP contribution in [0.15, 0.2) is 103 Å². The number of nitro benzene ring substituents is 1. The first-order valence-electron chi connectivity index (χ1n) is 12.8. The fourth-order valence-electron chi connectivity index (χ4n) is 3.94. The molecule has 41 heavy (non-hydrogen) atoms. The fraction of sp³-hybridized carbons (Fsp3) is 0.125. The number of non-ortho nitro benzene ring substituents is 1. The van der Waals surface area contributed by atoms with Gasteiger partial charge in [-0.25, -0.2) is 4.79 Å². The van der Waals surface area contributed by atoms with E-state index in [-0.39, 0.29) is 30.2 Å². The highest BCUT2D eigenvalue weighted by Gasteiger charge is 2.19. The molecular weight excluding hydrogens is 524 g/mol. The fourth-order valence-corrected chi connectivity index (χ4v) is 3.94. The maximum atomic E-state index is 12.9. The molecule has 9 nitrogen and oxygen atoms in total. The predicted molar refractivity (Wildman–Crippen MR) is 153 cm³/mol. The molecule has 0 atom stereocenters. The number of nitro groups is 1. The van der Waals surface area contributed by atoms with Gasteiger partial charge < -0.3 is 19.9 Å². The van der Waals surface area contributed by atoms with E-state index in [1.165, 1.54) is 24.3 Å². The van der Waals surface area contributed by atoms with Crippen molar-refractivity contribution < 1.29 is 28.7 Å². The van der Waals surface area contributed by atoms with Gasteiger partial charge in [-0.1, -0.05) is 66.7 Å². The molecule has 0 aliphatic rings. The molecule has 0 heterocycles. The van der Waals surface area contributed by atoms with Gasteiger partial charge >= 0.3 is 5.97 Å². The molecule has 0 saturated heterocycles. The van der Waals surface area contributed by atoms with Gasteiger partial charge in [0.1, 0.15) is 30.3 Å². The van der Waals surface area contributed by atoms with E-state index in [1.54, 1.807) is 18.2 Å². The number of esters is 1. The van der Waals surface area contributed by atoms with Crippen LogP contribution in [-0.2, 0) is 29.2 Å². The molecule has 4 aromatic rings. The molecule has 2 N–H and O–H groups in total. The summed E-state index contributed by atoms with van der Waals surface area (Å²) in [5.41, 5.74) is 8.38. The molecule has 0 unspecified atom stereocenters. The van der Waals surface area contributed by atoms with E-state index in [9.17, 15) is 19.7 Å². The van der Waals surface area contributed by atoms with Crippen molar-refractivity contribution in [1.82, 2.24) is 0 Å². The second-order valence-corrected chi connectivity index (χ2v) is 8.97. The number of amides is 1. The van der Waals surface area contributed by atoms with E-state index in [0.29, 0.717) is 18.8 Å². The normalized spacial score (nSPS) is 10.7. The molecule has 0 bridgehead atoms. The lowest BCUT2D eigenvalue weighted by Crippen LogP contribution is -2.11. The average molecular weight is 553 g/mol. The van der Waals surface area contributed by atoms with Crippen molar-refractivity contribution in [3.8, 4) is 11.5 Å². The van der Waals surface area contributed by atoms with E-state index in [2.05, 4.69) is 0 Å². The number of ether oxygens (including phenoxy) is 3. The zero-order valence-electron chi connectivity index (χ0n) is 22.1. The van der Waals surface area contributed by atoms with Crippen LogP contribution in [-0.4, -0.2) is 23.4 Å². The lowest BCUT2D eigenvalue weighted by Gasteiger charge is -2.15. The second-order valence-electron chi connectivity index (χ2n) is 8.97. The first-order chi connectivity index (χ1) is 19.9. The summed E-state index contributed by atoms with van der Waals surface area (Å²) in [7, 11) is 0. The lowest BCUT2D eigenvalue weighted by atomic mass is 10.1. The Balaban J connectivity index is 1.51. The molecule has 9 heteroatoms. The number of carbonyl (C=O) groups excluding carboxylic acids is 2. The number of carbonyl (C=O) groups is 2. The largest absolute Gasteiger partial charge is 0.492 e. The van der Waals surface area contributed by atoms with Crippen LogP contribution in [0, 0.1) is 10.1 Å². The number of nitrogens with two attached hydrogens (primary N) is 1. The van der Waals surface area contributed by atoms with Crippen molar-refractivity contribution in [2.24, 2.45) is 5.73 Å². The second kappa shape index (κ2) is 14.1. The van der Waals surface area contributed by atoms with E-state index in [4.69, 9.17) is 19.9 Å². The van der Waals surface area contributed by atoms with Crippen LogP contribution in [0.5, 0.6) is 11.5 Å². The lowest BCUT2D eigenvalue weighted by molar-refractivity contribution is -0.384. The third kappa shape index (κ3) is 8.52. The van der Waals surface area contributed by atoms with Crippen molar-refractivity contribution in [2.45, 2.75) is 19.6 Å². The van der Waals surface area contributed by atoms with Crippen LogP contribution in [0.2, 0.25) is 0 Å². The van der Waals surface area contributed by atoms with E-state index < -0.39 is 16.8 Å². The molecule has 0 radical (unpaired) electrons. The Morgan fingerprint density at radius 2 is 1.49 bits per heavy atom. The van der Waals surface area contributed by atoms with Crippen molar-refractivity contribution in [3.05, 3.63) is 141 Å². The molecule has 0 spiro atoms. The summed E-state index contributed by atoms with van der Waals surface area (Å²) in [5, 5.41) is 11.4. The minimum absolute atomic E-state index is 0.0359. The zero-order chi connectivity index (χ0) is 29.0. The average Bonchev–Trinajstić information content (AvgIpc) is 2.99. The van der Waals surface area contributed by atoms with Crippen LogP contribution in [0.25, 0.3) is 6.08 Å². The SMILES string of the molecule is NC(=O)/C=C/c1ccc(OCc2ccccc2)c(CCOc2cc([N+](=O)[O-])ccc2C(=O)OCc2ccccc2)c1. The number of primary amides is 1. The van der Waals surface area contributed by atoms with Crippen LogP contribution < -0.4 is 15.2 Å². The summed E-state index contributed by atoms with van der Waals surface area (Å²) >= 11 is 0. The highest BCUT2D eigenvalue weighted by atomic mass is 16.6. The van der Waals surface area contributed by atoms with Gasteiger partial charge in [-0.05, 0) is 46.5 Å². The Morgan fingerprint density at radius 3 is 2.15 bits per heavy atom. The number of nitrogens with zero attached hydrogens (tertiary/aromatic N) is 1. The van der Waals surface area contributed by atoms with Crippen molar-refractivity contribution in [1.29, 1.82) is 0 Å². The third-order valence-electron chi connectivity index (χ3n) is 6.00. The molecule has 4 aromatic carbocycles. The smallest absolute Gasteiger partial charge is 0.342 e. The summed E-state index contributed by atoms with van der Waals surface area (Å²) < 4.78 is 17.4. The number of rotatable bonds is 13. The van der Waals surface area contributed by atoms with Gasteiger partial charge in [0.05, 0.1) is 17.6 Å². The first-order valence-corrected chi connectivity index (χ1v) is 12.8. The Kier molecular flexibility index (Phi) is 9.82. The summed E-state index contributed by atoms with van der Waals surface area (Å²) in [6, 6.07) is 28.0. The Hall–Kier alpha value is -5.44. The first kappa shape index (κ1) is 28.6. The van der Waals surface area contributed by atoms with Gasteiger partial charge in [-0.2, -0.15) is 0 Å². The van der Waals surface area contributed by atoms with Gasteiger partial charge in [0.15, 0.2) is 0 Å². The van der Waals surface area contributed by atoms with Crippen LogP contribution in [0.4, 0.5) is 5.69 Å². The quantitative estimate of drug-likeness (QED) is 0.0981. The molecule has 0 fully saturated rings. The minimum Gasteiger partial charge on any atom is -0.492 e. The standard InChI is InChI=1S/C32H28N2O7/c33-31(35)16-12-23-11-15-29(40-21-24-7-3-1-4-8-24)26(19-23)17-18-39-30-20-27(34(37)38)13-14-28(30)32(36)41-22-25-9-5-2-6-10-25/h1-16,19-20H,17-18,21-22H2,(H2,33,35)/b16-12+. The van der Waals surface area contributed by atoms with Crippen LogP contribution in [0.3, 0.4) is 0 Å². The van der Waals surface area contributed by atoms with Crippen molar-refractivity contribution in [2.75, 3.05) is 6.61 Å². The summed E-state index contributed by atoms with van der Waals surface area (Å²) in [6.45, 7) is 0.460. The molecule has 0 aromatic heterocycles. The number of hydrogen-bond acceptors (Lipinski definition) is 7. The van der Waals surface area contributed by atoms with Gasteiger partial charge in [0.25, 0.3) is 5.69 Å². The number of hydrogen-bond donors (Lipinski definition) is 1. The summed E-state index contributed by atoms with van der Waals surface area (Å²) in [4.78, 5) is 34.9. The van der Waals surface area contributed by atoms with E-state index >= 15 is 0 Å². The molecule has 1 amide bonds. The van der Waals surface area contributed by atoms with Gasteiger partial charge in [0.2, 0.25) is 5.91 Å². The van der Waals surface area contributed by atoms with Crippen molar-refractivity contribution >= 4 is 23.6 Å². The zero-order valence-corrected chi connectivity index (χ0v) is 22.1. The van der Waals surface area contributed by atoms with Gasteiger partial charge in [0, 0.05) is 18.6 Å². The Bertz CT molecular complexity index is 1540. The Labute approximate surface area is 236 Å². The molecule has 208 valence electrons. The highest BCUT2D eigenvalue weighted by Crippen LogP contribution is 2.28. The monoisotopic (exact) mass is 552 g/mol. The minimum atomic E-state index is -0.663. The molecule has 0 aliphatic carbocycles. The van der Waals surface area contributed by atoms with Crippen molar-refractivity contribution in [3.63, 3.8) is 0 Å². The topological polar surface area (TPSA) is 131 Å². The van der Waals surface area contributed by atoms with E-state index in [0.717, 1.165) is 22.3 Å². The highest BCUT2D eigenvalue weighted by molar-refractivity contribution is 5.93.